The van der Waals surface area contributed by atoms with Gasteiger partial charge < -0.3 is 14.4 Å². The minimum absolute atomic E-state index is 0.226. The third kappa shape index (κ3) is 3.68. The minimum Gasteiger partial charge on any atom is -0.468 e. The Bertz CT molecular complexity index is 644. The van der Waals surface area contributed by atoms with Crippen LogP contribution in [-0.4, -0.2) is 53.6 Å². The fourth-order valence-corrected chi connectivity index (χ4v) is 1.53. The summed E-state index contributed by atoms with van der Waals surface area (Å²) in [5.41, 5.74) is -1.36. The number of esters is 2. The summed E-state index contributed by atoms with van der Waals surface area (Å²) < 4.78 is 10.8. The molecule has 0 atom stereocenters. The zero-order valence-corrected chi connectivity index (χ0v) is 12.2. The predicted octanol–water partition coefficient (Wildman–Crippen LogP) is -2.37. The first-order valence-corrected chi connectivity index (χ1v) is 5.84. The van der Waals surface area contributed by atoms with Crippen molar-refractivity contribution in [3.8, 4) is 0 Å². The fraction of sp³-hybridized carbons (Fsp3) is 0.545. The number of aromatic nitrogens is 3. The van der Waals surface area contributed by atoms with Crippen LogP contribution in [0.2, 0.25) is 0 Å². The zero-order chi connectivity index (χ0) is 16.2. The quantitative estimate of drug-likeness (QED) is 0.555. The first-order chi connectivity index (χ1) is 9.81. The van der Waals surface area contributed by atoms with Crippen molar-refractivity contribution in [2.75, 3.05) is 32.2 Å². The van der Waals surface area contributed by atoms with Gasteiger partial charge in [0.2, 0.25) is 5.82 Å². The number of hydrogen-bond acceptors (Lipinski definition) is 8. The smallest absolute Gasteiger partial charge is 0.346 e. The molecule has 1 heterocycles. The summed E-state index contributed by atoms with van der Waals surface area (Å²) in [6.07, 6.45) is 0. The normalized spacial score (nSPS) is 10.1. The molecule has 10 heteroatoms. The van der Waals surface area contributed by atoms with Crippen LogP contribution in [0.15, 0.2) is 9.59 Å². The number of ether oxygens (including phenoxy) is 2. The van der Waals surface area contributed by atoms with E-state index in [1.165, 1.54) is 28.3 Å². The van der Waals surface area contributed by atoms with Crippen molar-refractivity contribution >= 4 is 17.8 Å². The molecule has 116 valence electrons. The highest BCUT2D eigenvalue weighted by molar-refractivity contribution is 5.80. The molecule has 0 amide bonds. The van der Waals surface area contributed by atoms with Gasteiger partial charge in [-0.25, -0.2) is 9.48 Å². The molecule has 0 fully saturated rings. The van der Waals surface area contributed by atoms with Crippen molar-refractivity contribution < 1.29 is 19.1 Å². The highest BCUT2D eigenvalue weighted by atomic mass is 16.5. The monoisotopic (exact) mass is 300 g/mol. The highest BCUT2D eigenvalue weighted by Gasteiger charge is 2.22. The van der Waals surface area contributed by atoms with E-state index in [0.29, 0.717) is 0 Å². The summed E-state index contributed by atoms with van der Waals surface area (Å²) in [6.45, 7) is -0.766. The van der Waals surface area contributed by atoms with E-state index in [2.05, 4.69) is 14.6 Å². The molecule has 0 saturated heterocycles. The lowest BCUT2D eigenvalue weighted by Crippen LogP contribution is -2.46. The number of aryl methyl sites for hydroxylation is 1. The molecule has 10 nitrogen and oxygen atoms in total. The Labute approximate surface area is 119 Å². The van der Waals surface area contributed by atoms with E-state index in [9.17, 15) is 19.2 Å². The van der Waals surface area contributed by atoms with Crippen molar-refractivity contribution in [1.82, 2.24) is 14.3 Å². The van der Waals surface area contributed by atoms with Gasteiger partial charge in [0.15, 0.2) is 0 Å². The van der Waals surface area contributed by atoms with E-state index in [1.54, 1.807) is 0 Å². The highest BCUT2D eigenvalue weighted by Crippen LogP contribution is 2.02. The Balaban J connectivity index is 3.32. The van der Waals surface area contributed by atoms with Crippen LogP contribution in [0.4, 0.5) is 5.82 Å². The van der Waals surface area contributed by atoms with Crippen molar-refractivity contribution in [3.63, 3.8) is 0 Å². The summed E-state index contributed by atoms with van der Waals surface area (Å²) in [5.74, 6) is -1.57. The van der Waals surface area contributed by atoms with Crippen LogP contribution in [0.3, 0.4) is 0 Å². The third-order valence-corrected chi connectivity index (χ3v) is 2.70. The van der Waals surface area contributed by atoms with Crippen LogP contribution in [0, 0.1) is 0 Å². The summed E-state index contributed by atoms with van der Waals surface area (Å²) >= 11 is 0. The minimum atomic E-state index is -0.731. The lowest BCUT2D eigenvalue weighted by molar-refractivity contribution is -0.140. The van der Waals surface area contributed by atoms with Gasteiger partial charge in [-0.2, -0.15) is 0 Å². The molecule has 0 radical (unpaired) electrons. The third-order valence-electron chi connectivity index (χ3n) is 2.70. The van der Waals surface area contributed by atoms with Gasteiger partial charge in [-0.15, -0.1) is 5.10 Å². The molecule has 0 aromatic carbocycles. The maximum Gasteiger partial charge on any atom is 0.346 e. The van der Waals surface area contributed by atoms with Crippen LogP contribution in [0.1, 0.15) is 0 Å². The van der Waals surface area contributed by atoms with Crippen LogP contribution in [0.5, 0.6) is 0 Å². The van der Waals surface area contributed by atoms with Crippen molar-refractivity contribution in [3.05, 3.63) is 20.8 Å². The second kappa shape index (κ2) is 6.68. The SMILES string of the molecule is COC(=O)CN(CC(=O)OC)c1nn(C)c(=O)n(C)c1=O. The Morgan fingerprint density at radius 2 is 1.57 bits per heavy atom. The summed E-state index contributed by atoms with van der Waals surface area (Å²) in [6, 6.07) is 0. The second-order valence-corrected chi connectivity index (χ2v) is 4.10. The number of nitrogens with zero attached hydrogens (tertiary/aromatic N) is 4. The molecule has 0 aliphatic carbocycles. The van der Waals surface area contributed by atoms with Crippen molar-refractivity contribution in [2.24, 2.45) is 14.1 Å². The molecule has 0 aliphatic rings. The molecule has 0 unspecified atom stereocenters. The van der Waals surface area contributed by atoms with Crippen LogP contribution >= 0.6 is 0 Å². The molecule has 0 saturated carbocycles. The maximum absolute atomic E-state index is 12.1. The predicted molar refractivity (Wildman–Crippen MR) is 71.0 cm³/mol. The number of rotatable bonds is 5. The molecule has 1 aromatic heterocycles. The fourth-order valence-electron chi connectivity index (χ4n) is 1.53. The summed E-state index contributed by atoms with van der Waals surface area (Å²) in [4.78, 5) is 47.5. The van der Waals surface area contributed by atoms with Crippen molar-refractivity contribution in [2.45, 2.75) is 0 Å². The topological polar surface area (TPSA) is 113 Å². The van der Waals surface area contributed by atoms with E-state index < -0.39 is 23.2 Å². The molecular formula is C11H16N4O6. The molecule has 0 spiro atoms. The first-order valence-electron chi connectivity index (χ1n) is 5.84. The zero-order valence-electron chi connectivity index (χ0n) is 12.2. The van der Waals surface area contributed by atoms with Gasteiger partial charge >= 0.3 is 17.6 Å². The largest absolute Gasteiger partial charge is 0.468 e. The Morgan fingerprint density at radius 3 is 2.00 bits per heavy atom. The van der Waals surface area contributed by atoms with E-state index >= 15 is 0 Å². The van der Waals surface area contributed by atoms with Gasteiger partial charge in [0.05, 0.1) is 14.2 Å². The van der Waals surface area contributed by atoms with Crippen LogP contribution in [-0.2, 0) is 33.2 Å². The number of hydrogen-bond donors (Lipinski definition) is 0. The average Bonchev–Trinajstić information content (AvgIpc) is 2.47. The van der Waals surface area contributed by atoms with Gasteiger partial charge in [0, 0.05) is 14.1 Å². The second-order valence-electron chi connectivity index (χ2n) is 4.10. The Hall–Kier alpha value is -2.65. The molecule has 1 aromatic rings. The van der Waals surface area contributed by atoms with E-state index in [1.807, 2.05) is 0 Å². The van der Waals surface area contributed by atoms with Crippen LogP contribution < -0.4 is 16.1 Å². The summed E-state index contributed by atoms with van der Waals surface area (Å²) in [5, 5.41) is 3.79. The van der Waals surface area contributed by atoms with E-state index in [4.69, 9.17) is 0 Å². The molecule has 21 heavy (non-hydrogen) atoms. The molecule has 1 rings (SSSR count). The first kappa shape index (κ1) is 16.4. The van der Waals surface area contributed by atoms with E-state index in [0.717, 1.165) is 14.1 Å². The van der Waals surface area contributed by atoms with Gasteiger partial charge in [-0.1, -0.05) is 0 Å². The lowest BCUT2D eigenvalue weighted by Gasteiger charge is -2.20. The molecule has 0 bridgehead atoms. The summed E-state index contributed by atoms with van der Waals surface area (Å²) in [7, 11) is 4.96. The molecule has 0 N–H and O–H groups in total. The van der Waals surface area contributed by atoms with Gasteiger partial charge in [-0.05, 0) is 0 Å². The van der Waals surface area contributed by atoms with Gasteiger partial charge in [0.1, 0.15) is 13.1 Å². The Kier molecular flexibility index (Phi) is 5.22. The number of anilines is 1. The van der Waals surface area contributed by atoms with Crippen LogP contribution in [0.25, 0.3) is 0 Å². The maximum atomic E-state index is 12.1. The Morgan fingerprint density at radius 1 is 1.10 bits per heavy atom. The average molecular weight is 300 g/mol. The van der Waals surface area contributed by atoms with Crippen molar-refractivity contribution in [1.29, 1.82) is 0 Å². The molecule has 0 aliphatic heterocycles. The van der Waals surface area contributed by atoms with Gasteiger partial charge in [-0.3, -0.25) is 19.0 Å². The number of carbonyl (C=O) groups excluding carboxylic acids is 2. The number of carbonyl (C=O) groups is 2. The standard InChI is InChI=1S/C11H16N4O6/c1-13-10(18)9(12-14(2)11(13)19)15(5-7(16)20-3)6-8(17)21-4/h5-6H2,1-4H3. The lowest BCUT2D eigenvalue weighted by atomic mass is 10.4. The van der Waals surface area contributed by atoms with Gasteiger partial charge in [0.25, 0.3) is 5.56 Å². The molecular weight excluding hydrogens is 284 g/mol. The number of methoxy groups -OCH3 is 2. The van der Waals surface area contributed by atoms with E-state index in [-0.39, 0.29) is 18.9 Å².